The molecule has 12 heavy (non-hydrogen) atoms. The Morgan fingerprint density at radius 2 is 1.67 bits per heavy atom. The average molecular weight is 170 g/mol. The minimum atomic E-state index is 0.464. The lowest BCUT2D eigenvalue weighted by Gasteiger charge is -2.22. The van der Waals surface area contributed by atoms with Crippen molar-refractivity contribution in [3.05, 3.63) is 12.3 Å². The van der Waals surface area contributed by atoms with Crippen LogP contribution in [0.5, 0.6) is 0 Å². The zero-order valence-electron chi connectivity index (χ0n) is 9.52. The second kappa shape index (κ2) is 4.08. The van der Waals surface area contributed by atoms with E-state index in [4.69, 9.17) is 0 Å². The quantitative estimate of drug-likeness (QED) is 0.569. The van der Waals surface area contributed by atoms with E-state index in [9.17, 15) is 0 Å². The van der Waals surface area contributed by atoms with Gasteiger partial charge in [0.2, 0.25) is 0 Å². The van der Waals surface area contributed by atoms with Crippen LogP contribution in [-0.4, -0.2) is 25.6 Å². The molecule has 0 aromatic heterocycles. The summed E-state index contributed by atoms with van der Waals surface area (Å²) >= 11 is 0. The number of allylic oxidation sites excluding steroid dienone is 1. The molecule has 0 aromatic carbocycles. The van der Waals surface area contributed by atoms with E-state index in [2.05, 4.69) is 54.2 Å². The molecule has 0 radical (unpaired) electrons. The van der Waals surface area contributed by atoms with E-state index in [1.165, 1.54) is 12.8 Å². The Kier molecular flexibility index (Phi) is 3.98. The second-order valence-electron chi connectivity index (χ2n) is 5.22. The maximum absolute atomic E-state index is 2.31. The van der Waals surface area contributed by atoms with Crippen molar-refractivity contribution in [2.45, 2.75) is 33.6 Å². The Morgan fingerprint density at radius 1 is 1.17 bits per heavy atom. The molecule has 0 amide bonds. The minimum Gasteiger partial charge on any atom is -0.305 e. The predicted molar refractivity (Wildman–Crippen MR) is 55.9 cm³/mol. The van der Waals surface area contributed by atoms with E-state index in [-0.39, 0.29) is 0 Å². The number of rotatable bonds is 4. The molecule has 0 N–H and O–H groups in total. The summed E-state index contributed by atoms with van der Waals surface area (Å²) in [6, 6.07) is 0. The highest BCUT2D eigenvalue weighted by atomic mass is 15.3. The third-order valence-electron chi connectivity index (χ3n) is 2.18. The van der Waals surface area contributed by atoms with Gasteiger partial charge in [-0.2, -0.15) is 0 Å². The summed E-state index contributed by atoms with van der Waals surface area (Å²) in [4.78, 5) is 0. The van der Waals surface area contributed by atoms with Gasteiger partial charge in [0.25, 0.3) is 0 Å². The minimum absolute atomic E-state index is 0.464. The largest absolute Gasteiger partial charge is 0.305 e. The molecule has 0 spiro atoms. The van der Waals surface area contributed by atoms with Crippen LogP contribution in [0.1, 0.15) is 33.6 Å². The van der Waals surface area contributed by atoms with Crippen LogP contribution in [0.4, 0.5) is 0 Å². The Morgan fingerprint density at radius 3 is 2.00 bits per heavy atom. The van der Waals surface area contributed by atoms with Crippen LogP contribution in [0.15, 0.2) is 12.3 Å². The van der Waals surface area contributed by atoms with Crippen LogP contribution in [0, 0.1) is 5.41 Å². The van der Waals surface area contributed by atoms with Crippen molar-refractivity contribution in [1.82, 2.24) is 0 Å². The lowest BCUT2D eigenvalue weighted by molar-refractivity contribution is -0.817. The molecule has 1 nitrogen and oxygen atoms in total. The van der Waals surface area contributed by atoms with Crippen molar-refractivity contribution in [3.8, 4) is 0 Å². The monoisotopic (exact) mass is 170 g/mol. The van der Waals surface area contributed by atoms with Crippen molar-refractivity contribution >= 4 is 0 Å². The molecule has 0 unspecified atom stereocenters. The van der Waals surface area contributed by atoms with Gasteiger partial charge < -0.3 is 4.48 Å². The molecule has 0 aromatic rings. The van der Waals surface area contributed by atoms with E-state index < -0.39 is 0 Å². The molecule has 0 bridgehead atoms. The second-order valence-corrected chi connectivity index (χ2v) is 5.22. The van der Waals surface area contributed by atoms with Gasteiger partial charge in [-0.25, -0.2) is 0 Å². The maximum atomic E-state index is 2.31. The van der Waals surface area contributed by atoms with E-state index in [1.54, 1.807) is 0 Å². The fraction of sp³-hybridized carbons (Fsp3) is 0.818. The Bertz CT molecular complexity index is 149. The van der Waals surface area contributed by atoms with Gasteiger partial charge in [-0.05, 0) is 17.9 Å². The summed E-state index contributed by atoms with van der Waals surface area (Å²) < 4.78 is 0.916. The topological polar surface area (TPSA) is 0 Å². The van der Waals surface area contributed by atoms with E-state index >= 15 is 0 Å². The predicted octanol–water partition coefficient (Wildman–Crippen LogP) is 3.03. The van der Waals surface area contributed by atoms with Crippen LogP contribution in [0.3, 0.4) is 0 Å². The lowest BCUT2D eigenvalue weighted by Crippen LogP contribution is -2.26. The summed E-state index contributed by atoms with van der Waals surface area (Å²) in [6.07, 6.45) is 6.97. The van der Waals surface area contributed by atoms with E-state index in [1.807, 2.05) is 0 Å². The number of hydrogen-bond donors (Lipinski definition) is 0. The molecule has 0 aliphatic rings. The lowest BCUT2D eigenvalue weighted by atomic mass is 9.87. The summed E-state index contributed by atoms with van der Waals surface area (Å²) in [7, 11) is 6.53. The van der Waals surface area contributed by atoms with Gasteiger partial charge in [-0.15, -0.1) is 0 Å². The first-order chi connectivity index (χ1) is 5.27. The fourth-order valence-electron chi connectivity index (χ4n) is 0.832. The standard InChI is InChI=1S/C11H24N/c1-7-11(2,3)9-8-10-12(4,5)6/h8,10H,7,9H2,1-6H3/q+1. The summed E-state index contributed by atoms with van der Waals surface area (Å²) in [5.41, 5.74) is 0.464. The summed E-state index contributed by atoms with van der Waals surface area (Å²) in [5.74, 6) is 0. The van der Waals surface area contributed by atoms with Crippen molar-refractivity contribution in [1.29, 1.82) is 0 Å². The molecule has 0 aliphatic heterocycles. The maximum Gasteiger partial charge on any atom is 0.0911 e. The first kappa shape index (κ1) is 11.7. The normalized spacial score (nSPS) is 14.2. The van der Waals surface area contributed by atoms with Crippen molar-refractivity contribution in [3.63, 3.8) is 0 Å². The van der Waals surface area contributed by atoms with Crippen LogP contribution in [-0.2, 0) is 0 Å². The highest BCUT2D eigenvalue weighted by molar-refractivity contribution is 4.81. The molecule has 0 saturated carbocycles. The van der Waals surface area contributed by atoms with Gasteiger partial charge in [0.1, 0.15) is 0 Å². The van der Waals surface area contributed by atoms with Crippen LogP contribution < -0.4 is 0 Å². The first-order valence-corrected chi connectivity index (χ1v) is 4.76. The number of nitrogens with zero attached hydrogens (tertiary/aromatic N) is 1. The van der Waals surface area contributed by atoms with Crippen molar-refractivity contribution < 1.29 is 4.48 Å². The van der Waals surface area contributed by atoms with Gasteiger partial charge in [-0.1, -0.05) is 27.2 Å². The van der Waals surface area contributed by atoms with Crippen molar-refractivity contribution in [2.75, 3.05) is 21.1 Å². The zero-order chi connectivity index (χ0) is 9.83. The molecular weight excluding hydrogens is 146 g/mol. The molecule has 1 heteroatoms. The summed E-state index contributed by atoms with van der Waals surface area (Å²) in [6.45, 7) is 6.87. The summed E-state index contributed by atoms with van der Waals surface area (Å²) in [5, 5.41) is 0. The van der Waals surface area contributed by atoms with Gasteiger partial charge >= 0.3 is 0 Å². The van der Waals surface area contributed by atoms with Crippen LogP contribution >= 0.6 is 0 Å². The van der Waals surface area contributed by atoms with Gasteiger partial charge in [-0.3, -0.25) is 0 Å². The molecule has 0 fully saturated rings. The highest BCUT2D eigenvalue weighted by Crippen LogP contribution is 2.24. The Labute approximate surface area is 77.7 Å². The third-order valence-corrected chi connectivity index (χ3v) is 2.18. The molecular formula is C11H24N+. The molecule has 0 aliphatic carbocycles. The van der Waals surface area contributed by atoms with Crippen molar-refractivity contribution in [2.24, 2.45) is 5.41 Å². The van der Waals surface area contributed by atoms with Gasteiger partial charge in [0, 0.05) is 0 Å². The SMILES string of the molecule is CCC(C)(C)CC=C[N+](C)(C)C. The van der Waals surface area contributed by atoms with E-state index in [0.29, 0.717) is 5.41 Å². The Hall–Kier alpha value is -0.300. The third kappa shape index (κ3) is 6.41. The van der Waals surface area contributed by atoms with Gasteiger partial charge in [0.15, 0.2) is 0 Å². The highest BCUT2D eigenvalue weighted by Gasteiger charge is 2.13. The average Bonchev–Trinajstić information content (AvgIpc) is 1.84. The number of hydrogen-bond acceptors (Lipinski definition) is 0. The zero-order valence-corrected chi connectivity index (χ0v) is 9.52. The number of quaternary nitrogens is 1. The smallest absolute Gasteiger partial charge is 0.0911 e. The molecule has 0 saturated heterocycles. The first-order valence-electron chi connectivity index (χ1n) is 4.76. The molecule has 0 rings (SSSR count). The van der Waals surface area contributed by atoms with Crippen LogP contribution in [0.25, 0.3) is 0 Å². The molecule has 0 atom stereocenters. The molecule has 0 heterocycles. The molecule has 72 valence electrons. The Balaban J connectivity index is 3.91. The van der Waals surface area contributed by atoms with Crippen LogP contribution in [0.2, 0.25) is 0 Å². The fourth-order valence-corrected chi connectivity index (χ4v) is 0.832. The van der Waals surface area contributed by atoms with Gasteiger partial charge in [0.05, 0.1) is 27.3 Å². The van der Waals surface area contributed by atoms with E-state index in [0.717, 1.165) is 4.48 Å².